The van der Waals surface area contributed by atoms with E-state index in [1.165, 1.54) is 12.8 Å². The van der Waals surface area contributed by atoms with Crippen LogP contribution in [0.3, 0.4) is 0 Å². The Morgan fingerprint density at radius 3 is 2.56 bits per heavy atom. The number of nitrogens with zero attached hydrogens (tertiary/aromatic N) is 1. The standard InChI is InChI=1S/C18H30N4O2.HI/c1-13(2)14-6-8-15(9-7-14)22-18(19-3)21-12-17(23)20-11-16-5-4-10-24-16;/h4-5,10,13-15H,6-9,11-12H2,1-3H3,(H,20,23)(H2,19,21,22);1H. The highest BCUT2D eigenvalue weighted by Crippen LogP contribution is 2.29. The van der Waals surface area contributed by atoms with Gasteiger partial charge >= 0.3 is 0 Å². The zero-order valence-corrected chi connectivity index (χ0v) is 17.7. The first-order valence-corrected chi connectivity index (χ1v) is 8.84. The van der Waals surface area contributed by atoms with Crippen LogP contribution in [-0.2, 0) is 11.3 Å². The van der Waals surface area contributed by atoms with Gasteiger partial charge in [-0.25, -0.2) is 0 Å². The van der Waals surface area contributed by atoms with Crippen molar-refractivity contribution in [1.82, 2.24) is 16.0 Å². The molecule has 25 heavy (non-hydrogen) atoms. The number of hydrogen-bond donors (Lipinski definition) is 3. The molecule has 0 saturated heterocycles. The van der Waals surface area contributed by atoms with Gasteiger partial charge in [-0.1, -0.05) is 13.8 Å². The number of aliphatic imine (C=N–C) groups is 1. The summed E-state index contributed by atoms with van der Waals surface area (Å²) < 4.78 is 5.19. The van der Waals surface area contributed by atoms with Gasteiger partial charge in [0.25, 0.3) is 0 Å². The van der Waals surface area contributed by atoms with E-state index >= 15 is 0 Å². The van der Waals surface area contributed by atoms with Gasteiger partial charge in [-0.05, 0) is 49.7 Å². The number of furan rings is 1. The fourth-order valence-corrected chi connectivity index (χ4v) is 3.14. The van der Waals surface area contributed by atoms with Crippen molar-refractivity contribution in [2.45, 2.75) is 52.1 Å². The number of carbonyl (C=O) groups is 1. The van der Waals surface area contributed by atoms with Crippen LogP contribution in [-0.4, -0.2) is 31.5 Å². The molecule has 1 aliphatic carbocycles. The molecule has 0 bridgehead atoms. The van der Waals surface area contributed by atoms with Crippen LogP contribution in [0.2, 0.25) is 0 Å². The fourth-order valence-electron chi connectivity index (χ4n) is 3.14. The first-order valence-electron chi connectivity index (χ1n) is 8.84. The van der Waals surface area contributed by atoms with Crippen molar-refractivity contribution in [2.24, 2.45) is 16.8 Å². The van der Waals surface area contributed by atoms with Crippen LogP contribution >= 0.6 is 24.0 Å². The Bertz CT molecular complexity index is 523. The van der Waals surface area contributed by atoms with Crippen LogP contribution in [0.1, 0.15) is 45.3 Å². The Morgan fingerprint density at radius 1 is 1.28 bits per heavy atom. The average molecular weight is 462 g/mol. The van der Waals surface area contributed by atoms with Crippen LogP contribution in [0, 0.1) is 11.8 Å². The van der Waals surface area contributed by atoms with Crippen molar-refractivity contribution in [2.75, 3.05) is 13.6 Å². The maximum absolute atomic E-state index is 11.9. The third-order valence-electron chi connectivity index (χ3n) is 4.74. The summed E-state index contributed by atoms with van der Waals surface area (Å²) in [6, 6.07) is 4.08. The topological polar surface area (TPSA) is 78.7 Å². The molecule has 2 rings (SSSR count). The zero-order valence-electron chi connectivity index (χ0n) is 15.4. The maximum atomic E-state index is 11.9. The lowest BCUT2D eigenvalue weighted by Crippen LogP contribution is -2.47. The van der Waals surface area contributed by atoms with E-state index in [-0.39, 0.29) is 36.4 Å². The number of nitrogens with one attached hydrogen (secondary N) is 3. The van der Waals surface area contributed by atoms with E-state index in [1.54, 1.807) is 19.4 Å². The fraction of sp³-hybridized carbons (Fsp3) is 0.667. The first kappa shape index (κ1) is 21.8. The monoisotopic (exact) mass is 462 g/mol. The highest BCUT2D eigenvalue weighted by atomic mass is 127. The summed E-state index contributed by atoms with van der Waals surface area (Å²) in [5.74, 6) is 2.95. The van der Waals surface area contributed by atoms with E-state index in [1.807, 2.05) is 6.07 Å². The molecule has 1 aromatic heterocycles. The number of guanidine groups is 1. The van der Waals surface area contributed by atoms with Crippen molar-refractivity contribution >= 4 is 35.8 Å². The lowest BCUT2D eigenvalue weighted by Gasteiger charge is -2.32. The Hall–Kier alpha value is -1.25. The Balaban J connectivity index is 0.00000312. The quantitative estimate of drug-likeness (QED) is 0.345. The van der Waals surface area contributed by atoms with Gasteiger partial charge in [0.2, 0.25) is 5.91 Å². The van der Waals surface area contributed by atoms with E-state index in [2.05, 4.69) is 34.8 Å². The predicted molar refractivity (Wildman–Crippen MR) is 111 cm³/mol. The molecule has 1 heterocycles. The van der Waals surface area contributed by atoms with Crippen LogP contribution < -0.4 is 16.0 Å². The number of hydrogen-bond acceptors (Lipinski definition) is 3. The number of carbonyl (C=O) groups excluding carboxylic acids is 1. The molecular weight excluding hydrogens is 431 g/mol. The van der Waals surface area contributed by atoms with E-state index in [0.717, 1.165) is 30.4 Å². The minimum absolute atomic E-state index is 0. The third kappa shape index (κ3) is 7.66. The van der Waals surface area contributed by atoms with Gasteiger partial charge in [0.1, 0.15) is 5.76 Å². The SMILES string of the molecule is CN=C(NCC(=O)NCc1ccco1)NC1CCC(C(C)C)CC1.I. The van der Waals surface area contributed by atoms with Crippen LogP contribution in [0.4, 0.5) is 0 Å². The van der Waals surface area contributed by atoms with E-state index in [4.69, 9.17) is 4.42 Å². The molecular formula is C18H31IN4O2. The molecule has 0 spiro atoms. The highest BCUT2D eigenvalue weighted by Gasteiger charge is 2.23. The molecule has 1 aromatic rings. The smallest absolute Gasteiger partial charge is 0.239 e. The number of amides is 1. The molecule has 1 amide bonds. The normalized spacial score (nSPS) is 20.7. The summed E-state index contributed by atoms with van der Waals surface area (Å²) in [4.78, 5) is 16.1. The van der Waals surface area contributed by atoms with Crippen molar-refractivity contribution in [3.63, 3.8) is 0 Å². The Kier molecular flexibility index (Phi) is 9.92. The van der Waals surface area contributed by atoms with Crippen molar-refractivity contribution in [3.8, 4) is 0 Å². The molecule has 0 aliphatic heterocycles. The van der Waals surface area contributed by atoms with E-state index in [0.29, 0.717) is 18.5 Å². The molecule has 1 aliphatic rings. The molecule has 0 radical (unpaired) electrons. The lowest BCUT2D eigenvalue weighted by atomic mass is 9.80. The second-order valence-electron chi connectivity index (χ2n) is 6.78. The first-order chi connectivity index (χ1) is 11.6. The molecule has 7 heteroatoms. The summed E-state index contributed by atoms with van der Waals surface area (Å²) in [6.45, 7) is 5.21. The number of rotatable bonds is 6. The zero-order chi connectivity index (χ0) is 17.4. The minimum atomic E-state index is -0.0853. The Morgan fingerprint density at radius 2 is 2.00 bits per heavy atom. The molecule has 0 unspecified atom stereocenters. The third-order valence-corrected chi connectivity index (χ3v) is 4.74. The second kappa shape index (κ2) is 11.4. The molecule has 1 saturated carbocycles. The van der Waals surface area contributed by atoms with E-state index < -0.39 is 0 Å². The molecule has 3 N–H and O–H groups in total. The maximum Gasteiger partial charge on any atom is 0.239 e. The van der Waals surface area contributed by atoms with Gasteiger partial charge in [0.15, 0.2) is 5.96 Å². The van der Waals surface area contributed by atoms with Crippen molar-refractivity contribution in [1.29, 1.82) is 0 Å². The van der Waals surface area contributed by atoms with E-state index in [9.17, 15) is 4.79 Å². The minimum Gasteiger partial charge on any atom is -0.467 e. The molecule has 0 atom stereocenters. The predicted octanol–water partition coefficient (Wildman–Crippen LogP) is 2.89. The summed E-state index contributed by atoms with van der Waals surface area (Å²) in [5.41, 5.74) is 0. The summed E-state index contributed by atoms with van der Waals surface area (Å²) in [5, 5.41) is 9.32. The van der Waals surface area contributed by atoms with Gasteiger partial charge < -0.3 is 20.4 Å². The van der Waals surface area contributed by atoms with Crippen LogP contribution in [0.15, 0.2) is 27.8 Å². The van der Waals surface area contributed by atoms with Crippen molar-refractivity contribution < 1.29 is 9.21 Å². The molecule has 142 valence electrons. The lowest BCUT2D eigenvalue weighted by molar-refractivity contribution is -0.120. The summed E-state index contributed by atoms with van der Waals surface area (Å²) >= 11 is 0. The summed E-state index contributed by atoms with van der Waals surface area (Å²) in [7, 11) is 1.73. The van der Waals surface area contributed by atoms with Gasteiger partial charge in [0, 0.05) is 13.1 Å². The molecule has 1 fully saturated rings. The second-order valence-corrected chi connectivity index (χ2v) is 6.78. The van der Waals surface area contributed by atoms with Crippen LogP contribution in [0.5, 0.6) is 0 Å². The van der Waals surface area contributed by atoms with Crippen molar-refractivity contribution in [3.05, 3.63) is 24.2 Å². The highest BCUT2D eigenvalue weighted by molar-refractivity contribution is 14.0. The number of halogens is 1. The molecule has 6 nitrogen and oxygen atoms in total. The average Bonchev–Trinajstić information content (AvgIpc) is 3.10. The van der Waals surface area contributed by atoms with Gasteiger partial charge in [0.05, 0.1) is 19.4 Å². The van der Waals surface area contributed by atoms with Gasteiger partial charge in [-0.3, -0.25) is 9.79 Å². The van der Waals surface area contributed by atoms with Gasteiger partial charge in [-0.15, -0.1) is 24.0 Å². The van der Waals surface area contributed by atoms with Gasteiger partial charge in [-0.2, -0.15) is 0 Å². The molecule has 0 aromatic carbocycles. The summed E-state index contributed by atoms with van der Waals surface area (Å²) in [6.07, 6.45) is 6.44. The van der Waals surface area contributed by atoms with Crippen LogP contribution in [0.25, 0.3) is 0 Å². The largest absolute Gasteiger partial charge is 0.467 e. The Labute approximate surface area is 167 Å².